The van der Waals surface area contributed by atoms with E-state index < -0.39 is 5.97 Å². The summed E-state index contributed by atoms with van der Waals surface area (Å²) in [6.45, 7) is 4.55. The van der Waals surface area contributed by atoms with Crippen molar-refractivity contribution in [3.05, 3.63) is 58.6 Å². The molecule has 2 aromatic carbocycles. The Labute approximate surface area is 176 Å². The number of rotatable bonds is 9. The largest absolute Gasteiger partial charge is 0.493 e. The second-order valence-corrected chi connectivity index (χ2v) is 7.41. The molecule has 1 amide bonds. The minimum absolute atomic E-state index is 0.183. The van der Waals surface area contributed by atoms with Crippen molar-refractivity contribution in [2.45, 2.75) is 20.4 Å². The minimum atomic E-state index is -0.665. The van der Waals surface area contributed by atoms with Crippen molar-refractivity contribution in [3.63, 3.8) is 0 Å². The predicted octanol–water partition coefficient (Wildman–Crippen LogP) is 4.20. The lowest BCUT2D eigenvalue weighted by Gasteiger charge is -2.18. The van der Waals surface area contributed by atoms with E-state index in [0.29, 0.717) is 30.6 Å². The monoisotopic (exact) mass is 419 g/mol. The molecule has 0 atom stereocenters. The standard InChI is InChI=1S/C22H26ClNO5/c1-15(2)13-28-21-18(23)10-17(11-19(21)27-4)22(26)29-14-20(25)24(3)12-16-8-6-5-7-9-16/h5-11,15H,12-14H2,1-4H3. The molecule has 156 valence electrons. The van der Waals surface area contributed by atoms with Gasteiger partial charge in [-0.15, -0.1) is 0 Å². The Kier molecular flexibility index (Phi) is 8.34. The van der Waals surface area contributed by atoms with Crippen molar-refractivity contribution in [1.82, 2.24) is 4.90 Å². The molecule has 0 aromatic heterocycles. The third kappa shape index (κ3) is 6.68. The Morgan fingerprint density at radius 1 is 1.14 bits per heavy atom. The highest BCUT2D eigenvalue weighted by atomic mass is 35.5. The summed E-state index contributed by atoms with van der Waals surface area (Å²) in [4.78, 5) is 26.1. The van der Waals surface area contributed by atoms with E-state index in [9.17, 15) is 9.59 Å². The first-order valence-corrected chi connectivity index (χ1v) is 9.65. The summed E-state index contributed by atoms with van der Waals surface area (Å²) in [7, 11) is 3.12. The summed E-state index contributed by atoms with van der Waals surface area (Å²) in [6, 6.07) is 12.5. The van der Waals surface area contributed by atoms with Crippen LogP contribution in [0.25, 0.3) is 0 Å². The quantitative estimate of drug-likeness (QED) is 0.570. The third-order valence-electron chi connectivity index (χ3n) is 4.04. The van der Waals surface area contributed by atoms with Crippen LogP contribution in [0.5, 0.6) is 11.5 Å². The van der Waals surface area contributed by atoms with Gasteiger partial charge in [0, 0.05) is 13.6 Å². The highest BCUT2D eigenvalue weighted by Crippen LogP contribution is 2.36. The molecule has 7 heteroatoms. The Balaban J connectivity index is 1.99. The summed E-state index contributed by atoms with van der Waals surface area (Å²) < 4.78 is 16.1. The number of nitrogens with zero attached hydrogens (tertiary/aromatic N) is 1. The molecular weight excluding hydrogens is 394 g/mol. The topological polar surface area (TPSA) is 65.1 Å². The van der Waals surface area contributed by atoms with Crippen LogP contribution in [0.2, 0.25) is 5.02 Å². The van der Waals surface area contributed by atoms with Crippen LogP contribution in [0, 0.1) is 5.92 Å². The number of hydrogen-bond donors (Lipinski definition) is 0. The molecule has 0 aliphatic heterocycles. The lowest BCUT2D eigenvalue weighted by Crippen LogP contribution is -2.30. The van der Waals surface area contributed by atoms with E-state index in [1.54, 1.807) is 7.05 Å². The van der Waals surface area contributed by atoms with E-state index in [1.165, 1.54) is 24.1 Å². The molecule has 0 unspecified atom stereocenters. The number of carbonyl (C=O) groups is 2. The molecule has 0 spiro atoms. The Bertz CT molecular complexity index is 839. The lowest BCUT2D eigenvalue weighted by atomic mass is 10.2. The second kappa shape index (κ2) is 10.7. The first-order valence-electron chi connectivity index (χ1n) is 9.27. The van der Waals surface area contributed by atoms with Crippen LogP contribution in [-0.4, -0.2) is 44.1 Å². The Morgan fingerprint density at radius 2 is 1.83 bits per heavy atom. The van der Waals surface area contributed by atoms with Crippen molar-refractivity contribution >= 4 is 23.5 Å². The smallest absolute Gasteiger partial charge is 0.338 e. The zero-order valence-corrected chi connectivity index (χ0v) is 17.9. The number of esters is 1. The van der Waals surface area contributed by atoms with Gasteiger partial charge in [-0.25, -0.2) is 4.79 Å². The average molecular weight is 420 g/mol. The van der Waals surface area contributed by atoms with Crippen LogP contribution in [-0.2, 0) is 16.1 Å². The summed E-state index contributed by atoms with van der Waals surface area (Å²) in [5.74, 6) is 0.0363. The minimum Gasteiger partial charge on any atom is -0.493 e. The Hall–Kier alpha value is -2.73. The molecule has 0 heterocycles. The van der Waals surface area contributed by atoms with Gasteiger partial charge in [0.2, 0.25) is 0 Å². The number of halogens is 1. The van der Waals surface area contributed by atoms with Crippen LogP contribution in [0.15, 0.2) is 42.5 Å². The molecule has 0 bridgehead atoms. The highest BCUT2D eigenvalue weighted by Gasteiger charge is 2.19. The average Bonchev–Trinajstić information content (AvgIpc) is 2.70. The second-order valence-electron chi connectivity index (χ2n) is 7.01. The van der Waals surface area contributed by atoms with Crippen molar-refractivity contribution < 1.29 is 23.8 Å². The number of benzene rings is 2. The number of hydrogen-bond acceptors (Lipinski definition) is 5. The van der Waals surface area contributed by atoms with Gasteiger partial charge in [-0.3, -0.25) is 4.79 Å². The van der Waals surface area contributed by atoms with Crippen LogP contribution in [0.4, 0.5) is 0 Å². The first-order chi connectivity index (χ1) is 13.8. The van der Waals surface area contributed by atoms with Gasteiger partial charge in [0.25, 0.3) is 5.91 Å². The number of methoxy groups -OCH3 is 1. The maximum atomic E-state index is 12.4. The number of carbonyl (C=O) groups excluding carboxylic acids is 2. The number of amides is 1. The highest BCUT2D eigenvalue weighted by molar-refractivity contribution is 6.32. The molecule has 0 saturated carbocycles. The first kappa shape index (κ1) is 22.6. The van der Waals surface area contributed by atoms with Gasteiger partial charge >= 0.3 is 5.97 Å². The fourth-order valence-corrected chi connectivity index (χ4v) is 2.76. The molecule has 0 aliphatic rings. The van der Waals surface area contributed by atoms with Crippen LogP contribution in [0.1, 0.15) is 29.8 Å². The maximum absolute atomic E-state index is 12.4. The van der Waals surface area contributed by atoms with Crippen molar-refractivity contribution in [2.24, 2.45) is 5.92 Å². The van der Waals surface area contributed by atoms with Crippen LogP contribution >= 0.6 is 11.6 Å². The van der Waals surface area contributed by atoms with E-state index in [0.717, 1.165) is 5.56 Å². The van der Waals surface area contributed by atoms with E-state index >= 15 is 0 Å². The van der Waals surface area contributed by atoms with Crippen molar-refractivity contribution in [2.75, 3.05) is 27.4 Å². The van der Waals surface area contributed by atoms with Gasteiger partial charge in [0.1, 0.15) is 0 Å². The fraction of sp³-hybridized carbons (Fsp3) is 0.364. The van der Waals surface area contributed by atoms with Crippen molar-refractivity contribution in [1.29, 1.82) is 0 Å². The number of likely N-dealkylation sites (N-methyl/N-ethyl adjacent to an activating group) is 1. The van der Waals surface area contributed by atoms with Gasteiger partial charge in [-0.2, -0.15) is 0 Å². The molecule has 0 radical (unpaired) electrons. The SMILES string of the molecule is COc1cc(C(=O)OCC(=O)N(C)Cc2ccccc2)cc(Cl)c1OCC(C)C. The van der Waals surface area contributed by atoms with Gasteiger partial charge in [-0.1, -0.05) is 55.8 Å². The lowest BCUT2D eigenvalue weighted by molar-refractivity contribution is -0.133. The summed E-state index contributed by atoms with van der Waals surface area (Å²) >= 11 is 6.26. The summed E-state index contributed by atoms with van der Waals surface area (Å²) in [6.07, 6.45) is 0. The number of ether oxygens (including phenoxy) is 3. The predicted molar refractivity (Wildman–Crippen MR) is 112 cm³/mol. The van der Waals surface area contributed by atoms with Crippen LogP contribution < -0.4 is 9.47 Å². The molecular formula is C22H26ClNO5. The third-order valence-corrected chi connectivity index (χ3v) is 4.32. The molecule has 6 nitrogen and oxygen atoms in total. The summed E-state index contributed by atoms with van der Waals surface area (Å²) in [5.41, 5.74) is 1.17. The molecule has 29 heavy (non-hydrogen) atoms. The molecule has 0 fully saturated rings. The summed E-state index contributed by atoms with van der Waals surface area (Å²) in [5, 5.41) is 0.240. The normalized spacial score (nSPS) is 10.6. The molecule has 0 aliphatic carbocycles. The molecule has 2 rings (SSSR count). The Morgan fingerprint density at radius 3 is 2.45 bits per heavy atom. The van der Waals surface area contributed by atoms with Crippen molar-refractivity contribution in [3.8, 4) is 11.5 Å². The van der Waals surface area contributed by atoms with E-state index in [1.807, 2.05) is 44.2 Å². The van der Waals surface area contributed by atoms with Gasteiger partial charge in [0.15, 0.2) is 18.1 Å². The van der Waals surface area contributed by atoms with Gasteiger partial charge in [0.05, 0.1) is 24.3 Å². The molecule has 2 aromatic rings. The van der Waals surface area contributed by atoms with E-state index in [-0.39, 0.29) is 23.1 Å². The van der Waals surface area contributed by atoms with Crippen LogP contribution in [0.3, 0.4) is 0 Å². The maximum Gasteiger partial charge on any atom is 0.338 e. The van der Waals surface area contributed by atoms with E-state index in [2.05, 4.69) is 0 Å². The van der Waals surface area contributed by atoms with Gasteiger partial charge < -0.3 is 19.1 Å². The van der Waals surface area contributed by atoms with E-state index in [4.69, 9.17) is 25.8 Å². The zero-order chi connectivity index (χ0) is 21.4. The molecule has 0 N–H and O–H groups in total. The fourth-order valence-electron chi connectivity index (χ4n) is 2.49. The van der Waals surface area contributed by atoms with Gasteiger partial charge in [-0.05, 0) is 23.6 Å². The molecule has 0 saturated heterocycles. The zero-order valence-electron chi connectivity index (χ0n) is 17.1.